The van der Waals surface area contributed by atoms with Crippen LogP contribution in [-0.2, 0) is 16.6 Å². The van der Waals surface area contributed by atoms with E-state index in [2.05, 4.69) is 20.7 Å². The van der Waals surface area contributed by atoms with Crippen LogP contribution in [0.4, 0.5) is 0 Å². The van der Waals surface area contributed by atoms with Crippen molar-refractivity contribution in [3.8, 4) is 17.2 Å². The van der Waals surface area contributed by atoms with Gasteiger partial charge in [0.15, 0.2) is 11.5 Å². The summed E-state index contributed by atoms with van der Waals surface area (Å²) in [5, 5.41) is 0. The zero-order valence-electron chi connectivity index (χ0n) is 12.9. The van der Waals surface area contributed by atoms with E-state index < -0.39 is 10.0 Å². The van der Waals surface area contributed by atoms with Crippen molar-refractivity contribution in [2.24, 2.45) is 0 Å². The van der Waals surface area contributed by atoms with Crippen molar-refractivity contribution in [2.75, 3.05) is 13.4 Å². The molecule has 1 aliphatic heterocycles. The first-order valence-electron chi connectivity index (χ1n) is 7.30. The van der Waals surface area contributed by atoms with E-state index in [1.165, 1.54) is 6.07 Å². The van der Waals surface area contributed by atoms with Crippen molar-refractivity contribution in [1.29, 1.82) is 0 Å². The monoisotopic (exact) mass is 413 g/mol. The van der Waals surface area contributed by atoms with E-state index in [-0.39, 0.29) is 18.2 Å². The molecule has 0 fully saturated rings. The molecule has 0 spiro atoms. The van der Waals surface area contributed by atoms with Crippen molar-refractivity contribution >= 4 is 26.0 Å². The second kappa shape index (κ2) is 7.00. The largest absolute Gasteiger partial charge is 0.492 e. The van der Waals surface area contributed by atoms with E-state index in [9.17, 15) is 8.42 Å². The SMILES string of the molecule is CCOc1cc(Br)ccc1S(=O)(=O)NCc1ccc2c(c1)OCO2. The van der Waals surface area contributed by atoms with Gasteiger partial charge in [-0.2, -0.15) is 0 Å². The van der Waals surface area contributed by atoms with Crippen molar-refractivity contribution in [3.05, 3.63) is 46.4 Å². The predicted molar refractivity (Wildman–Crippen MR) is 91.9 cm³/mol. The summed E-state index contributed by atoms with van der Waals surface area (Å²) in [5.41, 5.74) is 0.776. The van der Waals surface area contributed by atoms with Crippen LogP contribution in [0.15, 0.2) is 45.8 Å². The summed E-state index contributed by atoms with van der Waals surface area (Å²) in [6.45, 7) is 2.50. The average Bonchev–Trinajstić information content (AvgIpc) is 3.01. The molecule has 0 unspecified atom stereocenters. The first-order valence-corrected chi connectivity index (χ1v) is 9.58. The van der Waals surface area contributed by atoms with E-state index in [1.54, 1.807) is 37.3 Å². The lowest BCUT2D eigenvalue weighted by atomic mass is 10.2. The molecule has 3 rings (SSSR count). The smallest absolute Gasteiger partial charge is 0.244 e. The number of rotatable bonds is 6. The third-order valence-corrected chi connectivity index (χ3v) is 5.33. The van der Waals surface area contributed by atoms with Crippen LogP contribution in [0.1, 0.15) is 12.5 Å². The number of sulfonamides is 1. The van der Waals surface area contributed by atoms with Gasteiger partial charge < -0.3 is 14.2 Å². The number of fused-ring (bicyclic) bond motifs is 1. The fourth-order valence-electron chi connectivity index (χ4n) is 2.28. The van der Waals surface area contributed by atoms with Gasteiger partial charge in [0.1, 0.15) is 10.6 Å². The molecule has 1 aliphatic rings. The number of halogens is 1. The molecular weight excluding hydrogens is 398 g/mol. The maximum absolute atomic E-state index is 12.6. The number of hydrogen-bond acceptors (Lipinski definition) is 5. The molecule has 0 bridgehead atoms. The van der Waals surface area contributed by atoms with Crippen molar-refractivity contribution in [1.82, 2.24) is 4.72 Å². The molecular formula is C16H16BrNO5S. The van der Waals surface area contributed by atoms with Gasteiger partial charge in [0, 0.05) is 11.0 Å². The molecule has 2 aromatic carbocycles. The maximum Gasteiger partial charge on any atom is 0.244 e. The molecule has 24 heavy (non-hydrogen) atoms. The van der Waals surface area contributed by atoms with Gasteiger partial charge in [0.2, 0.25) is 16.8 Å². The number of benzene rings is 2. The van der Waals surface area contributed by atoms with Crippen LogP contribution in [0.2, 0.25) is 0 Å². The van der Waals surface area contributed by atoms with Crippen molar-refractivity contribution in [3.63, 3.8) is 0 Å². The minimum Gasteiger partial charge on any atom is -0.492 e. The summed E-state index contributed by atoms with van der Waals surface area (Å²) < 4.78 is 44.5. The highest BCUT2D eigenvalue weighted by atomic mass is 79.9. The van der Waals surface area contributed by atoms with E-state index in [4.69, 9.17) is 14.2 Å². The van der Waals surface area contributed by atoms with Gasteiger partial charge in [-0.3, -0.25) is 0 Å². The van der Waals surface area contributed by atoms with Crippen LogP contribution in [0, 0.1) is 0 Å². The summed E-state index contributed by atoms with van der Waals surface area (Å²) >= 11 is 3.32. The molecule has 0 aromatic heterocycles. The van der Waals surface area contributed by atoms with Crippen molar-refractivity contribution < 1.29 is 22.6 Å². The molecule has 6 nitrogen and oxygen atoms in total. The first kappa shape index (κ1) is 17.1. The molecule has 128 valence electrons. The highest BCUT2D eigenvalue weighted by molar-refractivity contribution is 9.10. The summed E-state index contributed by atoms with van der Waals surface area (Å²) in [5.74, 6) is 1.59. The van der Waals surface area contributed by atoms with Gasteiger partial charge >= 0.3 is 0 Å². The zero-order valence-corrected chi connectivity index (χ0v) is 15.3. The highest BCUT2D eigenvalue weighted by Gasteiger charge is 2.20. The Bertz CT molecular complexity index is 854. The zero-order chi connectivity index (χ0) is 17.2. The van der Waals surface area contributed by atoms with Gasteiger partial charge in [-0.15, -0.1) is 0 Å². The fraction of sp³-hybridized carbons (Fsp3) is 0.250. The number of hydrogen-bond donors (Lipinski definition) is 1. The summed E-state index contributed by atoms with van der Waals surface area (Å²) in [6, 6.07) is 10.1. The quantitative estimate of drug-likeness (QED) is 0.787. The Morgan fingerprint density at radius 1 is 1.17 bits per heavy atom. The minimum atomic E-state index is -3.71. The maximum atomic E-state index is 12.6. The first-order chi connectivity index (χ1) is 11.5. The van der Waals surface area contributed by atoms with Crippen LogP contribution in [0.5, 0.6) is 17.2 Å². The summed E-state index contributed by atoms with van der Waals surface area (Å²) in [4.78, 5) is 0.105. The van der Waals surface area contributed by atoms with Gasteiger partial charge in [-0.05, 0) is 42.8 Å². The topological polar surface area (TPSA) is 73.9 Å². The van der Waals surface area contributed by atoms with Gasteiger partial charge in [0.25, 0.3) is 0 Å². The molecule has 2 aromatic rings. The van der Waals surface area contributed by atoms with Gasteiger partial charge in [-0.25, -0.2) is 13.1 Å². The normalized spacial score (nSPS) is 13.1. The molecule has 0 atom stereocenters. The number of nitrogens with one attached hydrogen (secondary N) is 1. The molecule has 1 heterocycles. The Labute approximate surface area is 148 Å². The predicted octanol–water partition coefficient (Wildman–Crippen LogP) is 3.06. The van der Waals surface area contributed by atoms with Crippen LogP contribution >= 0.6 is 15.9 Å². The lowest BCUT2D eigenvalue weighted by Crippen LogP contribution is -2.24. The summed E-state index contributed by atoms with van der Waals surface area (Å²) in [7, 11) is -3.71. The average molecular weight is 414 g/mol. The third-order valence-electron chi connectivity index (χ3n) is 3.40. The van der Waals surface area contributed by atoms with Crippen LogP contribution in [0.25, 0.3) is 0 Å². The van der Waals surface area contributed by atoms with Crippen LogP contribution < -0.4 is 18.9 Å². The molecule has 8 heteroatoms. The Hall–Kier alpha value is -1.77. The number of ether oxygens (including phenoxy) is 3. The van der Waals surface area contributed by atoms with E-state index in [0.29, 0.717) is 23.9 Å². The van der Waals surface area contributed by atoms with E-state index in [1.807, 2.05) is 0 Å². The van der Waals surface area contributed by atoms with Crippen LogP contribution in [0.3, 0.4) is 0 Å². The highest BCUT2D eigenvalue weighted by Crippen LogP contribution is 2.33. The Balaban J connectivity index is 1.79. The Morgan fingerprint density at radius 3 is 2.75 bits per heavy atom. The lowest BCUT2D eigenvalue weighted by Gasteiger charge is -2.12. The lowest BCUT2D eigenvalue weighted by molar-refractivity contribution is 0.174. The molecule has 0 radical (unpaired) electrons. The Kier molecular flexibility index (Phi) is 4.98. The standard InChI is InChI=1S/C16H16BrNO5S/c1-2-21-15-8-12(17)4-6-16(15)24(19,20)18-9-11-3-5-13-14(7-11)23-10-22-13/h3-8,18H,2,9-10H2,1H3. The third kappa shape index (κ3) is 3.66. The van der Waals surface area contributed by atoms with Gasteiger partial charge in [0.05, 0.1) is 6.61 Å². The molecule has 0 saturated heterocycles. The molecule has 1 N–H and O–H groups in total. The molecule has 0 aliphatic carbocycles. The Morgan fingerprint density at radius 2 is 1.96 bits per heavy atom. The molecule has 0 saturated carbocycles. The van der Waals surface area contributed by atoms with Crippen LogP contribution in [-0.4, -0.2) is 21.8 Å². The van der Waals surface area contributed by atoms with E-state index >= 15 is 0 Å². The second-order valence-corrected chi connectivity index (χ2v) is 7.69. The van der Waals surface area contributed by atoms with Gasteiger partial charge in [-0.1, -0.05) is 22.0 Å². The minimum absolute atomic E-state index is 0.105. The second-order valence-electron chi connectivity index (χ2n) is 5.04. The molecule has 0 amide bonds. The van der Waals surface area contributed by atoms with E-state index in [0.717, 1.165) is 10.0 Å². The van der Waals surface area contributed by atoms with Crippen molar-refractivity contribution in [2.45, 2.75) is 18.4 Å². The fourth-order valence-corrected chi connectivity index (χ4v) is 3.76. The summed E-state index contributed by atoms with van der Waals surface area (Å²) in [6.07, 6.45) is 0.